The lowest BCUT2D eigenvalue weighted by Crippen LogP contribution is -2.02. The lowest BCUT2D eigenvalue weighted by molar-refractivity contribution is 0.210. The molecule has 1 unspecified atom stereocenters. The summed E-state index contributed by atoms with van der Waals surface area (Å²) in [5.41, 5.74) is 1.26. The van der Waals surface area contributed by atoms with Crippen molar-refractivity contribution in [1.29, 1.82) is 0 Å². The van der Waals surface area contributed by atoms with E-state index in [1.165, 1.54) is 12.1 Å². The molecule has 0 bridgehead atoms. The number of aromatic nitrogens is 2. The number of aliphatic hydroxyl groups is 1. The second kappa shape index (κ2) is 4.64. The first-order chi connectivity index (χ1) is 9.15. The second-order valence-corrected chi connectivity index (χ2v) is 4.64. The van der Waals surface area contributed by atoms with E-state index in [1.807, 2.05) is 24.4 Å². The molecule has 3 aromatic rings. The molecule has 1 atom stereocenters. The lowest BCUT2D eigenvalue weighted by Gasteiger charge is -2.09. The van der Waals surface area contributed by atoms with Crippen molar-refractivity contribution in [3.05, 3.63) is 70.9 Å². The van der Waals surface area contributed by atoms with Crippen LogP contribution in [0.25, 0.3) is 5.65 Å². The minimum absolute atomic E-state index is 0.160. The average molecular weight is 277 g/mol. The third kappa shape index (κ3) is 2.20. The molecular formula is C14H10ClFN2O. The van der Waals surface area contributed by atoms with E-state index in [0.29, 0.717) is 16.4 Å². The van der Waals surface area contributed by atoms with Crippen LogP contribution in [0.2, 0.25) is 5.02 Å². The van der Waals surface area contributed by atoms with Gasteiger partial charge in [0.15, 0.2) is 0 Å². The first-order valence-corrected chi connectivity index (χ1v) is 6.09. The molecule has 0 aliphatic carbocycles. The van der Waals surface area contributed by atoms with E-state index in [1.54, 1.807) is 16.7 Å². The Bertz CT molecular complexity index is 708. The van der Waals surface area contributed by atoms with Gasteiger partial charge in [-0.1, -0.05) is 23.7 Å². The number of imidazole rings is 1. The van der Waals surface area contributed by atoms with E-state index in [-0.39, 0.29) is 5.56 Å². The number of pyridine rings is 1. The van der Waals surface area contributed by atoms with E-state index in [2.05, 4.69) is 4.98 Å². The van der Waals surface area contributed by atoms with Crippen molar-refractivity contribution in [2.24, 2.45) is 0 Å². The topological polar surface area (TPSA) is 37.5 Å². The number of halogens is 2. The number of hydrogen-bond donors (Lipinski definition) is 1. The van der Waals surface area contributed by atoms with Gasteiger partial charge in [0.25, 0.3) is 0 Å². The highest BCUT2D eigenvalue weighted by Gasteiger charge is 2.18. The van der Waals surface area contributed by atoms with Gasteiger partial charge in [-0.15, -0.1) is 0 Å². The molecule has 1 N–H and O–H groups in total. The Morgan fingerprint density at radius 1 is 1.26 bits per heavy atom. The highest BCUT2D eigenvalue weighted by atomic mass is 35.5. The fourth-order valence-corrected chi connectivity index (χ4v) is 2.13. The molecule has 5 heteroatoms. The van der Waals surface area contributed by atoms with Crippen molar-refractivity contribution in [3.63, 3.8) is 0 Å². The average Bonchev–Trinajstić information content (AvgIpc) is 2.81. The molecule has 0 aliphatic rings. The molecule has 96 valence electrons. The Kier molecular flexibility index (Phi) is 2.97. The van der Waals surface area contributed by atoms with E-state index in [9.17, 15) is 9.50 Å². The molecule has 0 fully saturated rings. The van der Waals surface area contributed by atoms with Gasteiger partial charge in [0, 0.05) is 23.0 Å². The van der Waals surface area contributed by atoms with Crippen LogP contribution in [0.4, 0.5) is 4.39 Å². The van der Waals surface area contributed by atoms with Crippen molar-refractivity contribution in [2.45, 2.75) is 6.10 Å². The first-order valence-electron chi connectivity index (χ1n) is 5.72. The number of aliphatic hydroxyl groups excluding tert-OH is 1. The van der Waals surface area contributed by atoms with Crippen LogP contribution in [0.3, 0.4) is 0 Å². The number of fused-ring (bicyclic) bond motifs is 1. The predicted octanol–water partition coefficient (Wildman–Crippen LogP) is 3.21. The summed E-state index contributed by atoms with van der Waals surface area (Å²) >= 11 is 5.69. The Balaban J connectivity index is 2.05. The van der Waals surface area contributed by atoms with Crippen LogP contribution in [0.1, 0.15) is 17.4 Å². The van der Waals surface area contributed by atoms with E-state index < -0.39 is 11.9 Å². The maximum absolute atomic E-state index is 13.8. The molecule has 0 saturated carbocycles. The fourth-order valence-electron chi connectivity index (χ4n) is 1.97. The standard InChI is InChI=1S/C14H10ClFN2O/c15-9-4-5-10(11(16)7-9)14(19)12-8-18-6-2-1-3-13(18)17-12/h1-8,14,19H. The molecule has 0 aliphatic heterocycles. The van der Waals surface area contributed by atoms with Gasteiger partial charge < -0.3 is 9.51 Å². The van der Waals surface area contributed by atoms with Gasteiger partial charge in [0.1, 0.15) is 17.6 Å². The third-order valence-electron chi connectivity index (χ3n) is 2.92. The molecule has 0 radical (unpaired) electrons. The van der Waals surface area contributed by atoms with Crippen molar-refractivity contribution in [1.82, 2.24) is 9.38 Å². The molecular weight excluding hydrogens is 267 g/mol. The van der Waals surface area contributed by atoms with Crippen molar-refractivity contribution in [3.8, 4) is 0 Å². The zero-order chi connectivity index (χ0) is 13.4. The van der Waals surface area contributed by atoms with Gasteiger partial charge in [0.05, 0.1) is 5.69 Å². The van der Waals surface area contributed by atoms with Crippen LogP contribution in [0.5, 0.6) is 0 Å². The summed E-state index contributed by atoms with van der Waals surface area (Å²) in [6.45, 7) is 0. The maximum atomic E-state index is 13.8. The number of hydrogen-bond acceptors (Lipinski definition) is 2. The summed E-state index contributed by atoms with van der Waals surface area (Å²) in [4.78, 5) is 4.27. The largest absolute Gasteiger partial charge is 0.382 e. The molecule has 2 aromatic heterocycles. The fraction of sp³-hybridized carbons (Fsp3) is 0.0714. The zero-order valence-corrected chi connectivity index (χ0v) is 10.5. The summed E-state index contributed by atoms with van der Waals surface area (Å²) in [6, 6.07) is 9.70. The molecule has 1 aromatic carbocycles. The summed E-state index contributed by atoms with van der Waals surface area (Å²) < 4.78 is 15.5. The van der Waals surface area contributed by atoms with Crippen LogP contribution in [-0.4, -0.2) is 14.5 Å². The van der Waals surface area contributed by atoms with Crippen LogP contribution in [-0.2, 0) is 0 Å². The predicted molar refractivity (Wildman–Crippen MR) is 70.7 cm³/mol. The molecule has 0 amide bonds. The van der Waals surface area contributed by atoms with Crippen LogP contribution < -0.4 is 0 Å². The zero-order valence-electron chi connectivity index (χ0n) is 9.79. The second-order valence-electron chi connectivity index (χ2n) is 4.20. The number of rotatable bonds is 2. The molecule has 19 heavy (non-hydrogen) atoms. The van der Waals surface area contributed by atoms with Gasteiger partial charge in [-0.25, -0.2) is 9.37 Å². The van der Waals surface area contributed by atoms with Crippen molar-refractivity contribution in [2.75, 3.05) is 0 Å². The monoisotopic (exact) mass is 276 g/mol. The summed E-state index contributed by atoms with van der Waals surface area (Å²) in [6.07, 6.45) is 2.38. The SMILES string of the molecule is OC(c1cn2ccccc2n1)c1ccc(Cl)cc1F. The molecule has 0 saturated heterocycles. The van der Waals surface area contributed by atoms with Gasteiger partial charge >= 0.3 is 0 Å². The number of nitrogens with zero attached hydrogens (tertiary/aromatic N) is 2. The molecule has 0 spiro atoms. The number of benzene rings is 1. The minimum Gasteiger partial charge on any atom is -0.382 e. The highest BCUT2D eigenvalue weighted by molar-refractivity contribution is 6.30. The molecule has 2 heterocycles. The van der Waals surface area contributed by atoms with E-state index >= 15 is 0 Å². The van der Waals surface area contributed by atoms with E-state index in [4.69, 9.17) is 11.6 Å². The summed E-state index contributed by atoms with van der Waals surface area (Å²) in [5.74, 6) is -0.544. The minimum atomic E-state index is -1.11. The molecule has 3 nitrogen and oxygen atoms in total. The highest BCUT2D eigenvalue weighted by Crippen LogP contribution is 2.25. The quantitative estimate of drug-likeness (QED) is 0.780. The summed E-state index contributed by atoms with van der Waals surface area (Å²) in [5, 5.41) is 10.5. The van der Waals surface area contributed by atoms with Gasteiger partial charge in [-0.05, 0) is 24.3 Å². The van der Waals surface area contributed by atoms with Crippen LogP contribution >= 0.6 is 11.6 Å². The van der Waals surface area contributed by atoms with Gasteiger partial charge in [-0.2, -0.15) is 0 Å². The Morgan fingerprint density at radius 3 is 2.84 bits per heavy atom. The lowest BCUT2D eigenvalue weighted by atomic mass is 10.1. The Morgan fingerprint density at radius 2 is 2.11 bits per heavy atom. The van der Waals surface area contributed by atoms with Crippen LogP contribution in [0, 0.1) is 5.82 Å². The van der Waals surface area contributed by atoms with Crippen molar-refractivity contribution >= 4 is 17.2 Å². The van der Waals surface area contributed by atoms with Gasteiger partial charge in [0.2, 0.25) is 0 Å². The van der Waals surface area contributed by atoms with E-state index in [0.717, 1.165) is 0 Å². The first kappa shape index (κ1) is 12.1. The third-order valence-corrected chi connectivity index (χ3v) is 3.15. The normalized spacial score (nSPS) is 12.8. The van der Waals surface area contributed by atoms with Crippen molar-refractivity contribution < 1.29 is 9.50 Å². The smallest absolute Gasteiger partial charge is 0.137 e. The molecule has 3 rings (SSSR count). The summed E-state index contributed by atoms with van der Waals surface area (Å²) in [7, 11) is 0. The maximum Gasteiger partial charge on any atom is 0.137 e. The van der Waals surface area contributed by atoms with Gasteiger partial charge in [-0.3, -0.25) is 0 Å². The Hall–Kier alpha value is -1.91. The van der Waals surface area contributed by atoms with Crippen LogP contribution in [0.15, 0.2) is 48.8 Å². The Labute approximate surface area is 113 Å².